The van der Waals surface area contributed by atoms with Crippen molar-refractivity contribution in [2.75, 3.05) is 6.54 Å². The molecule has 0 aromatic rings. The fourth-order valence-corrected chi connectivity index (χ4v) is 2.50. The van der Waals surface area contributed by atoms with Crippen LogP contribution in [0.1, 0.15) is 58.3 Å². The number of unbranched alkanes of at least 4 members (excludes halogenated alkanes) is 4. The molecule has 1 rings (SSSR count). The van der Waals surface area contributed by atoms with Crippen molar-refractivity contribution in [3.63, 3.8) is 0 Å². The van der Waals surface area contributed by atoms with Gasteiger partial charge in [-0.15, -0.1) is 0 Å². The van der Waals surface area contributed by atoms with Crippen molar-refractivity contribution in [1.29, 1.82) is 0 Å². The highest BCUT2D eigenvalue weighted by Gasteiger charge is 2.29. The second kappa shape index (κ2) is 8.10. The van der Waals surface area contributed by atoms with Gasteiger partial charge in [0.2, 0.25) is 5.91 Å². The Morgan fingerprint density at radius 3 is 2.62 bits per heavy atom. The summed E-state index contributed by atoms with van der Waals surface area (Å²) in [5.41, 5.74) is 0. The van der Waals surface area contributed by atoms with Crippen LogP contribution in [0.25, 0.3) is 0 Å². The minimum Gasteiger partial charge on any atom is -0.355 e. The van der Waals surface area contributed by atoms with E-state index in [-0.39, 0.29) is 5.91 Å². The van der Waals surface area contributed by atoms with Crippen LogP contribution in [0.15, 0.2) is 0 Å². The number of carbonyl (C=O) groups excluding carboxylic acids is 1. The van der Waals surface area contributed by atoms with E-state index in [4.69, 9.17) is 0 Å². The first kappa shape index (κ1) is 14.0. The summed E-state index contributed by atoms with van der Waals surface area (Å²) in [4.78, 5) is 12.0. The molecule has 0 bridgehead atoms. The Morgan fingerprint density at radius 2 is 2.00 bits per heavy atom. The van der Waals surface area contributed by atoms with Gasteiger partial charge < -0.3 is 5.32 Å². The van der Waals surface area contributed by atoms with Gasteiger partial charge in [-0.05, 0) is 25.2 Å². The van der Waals surface area contributed by atoms with E-state index in [1.807, 2.05) is 0 Å². The van der Waals surface area contributed by atoms with Crippen molar-refractivity contribution < 1.29 is 4.79 Å². The molecule has 1 N–H and O–H groups in total. The second-order valence-corrected chi connectivity index (χ2v) is 6.00. The van der Waals surface area contributed by atoms with Gasteiger partial charge in [-0.3, -0.25) is 4.79 Å². The monoisotopic (exact) mass is 289 g/mol. The molecule has 0 heterocycles. The lowest BCUT2D eigenvalue weighted by Crippen LogP contribution is -2.30. The number of hydrogen-bond donors (Lipinski definition) is 1. The van der Waals surface area contributed by atoms with Gasteiger partial charge in [0.15, 0.2) is 0 Å². The molecule has 1 aliphatic rings. The fourth-order valence-electron chi connectivity index (χ4n) is 1.81. The topological polar surface area (TPSA) is 29.1 Å². The highest BCUT2D eigenvalue weighted by molar-refractivity contribution is 9.09. The van der Waals surface area contributed by atoms with Crippen molar-refractivity contribution in [2.24, 2.45) is 5.92 Å². The van der Waals surface area contributed by atoms with Crippen LogP contribution in [0.2, 0.25) is 0 Å². The standard InChI is InChI=1S/C13H24BrNO/c1-2-3-4-5-6-7-13(16)15-10-12(14)11-8-9-11/h11-12H,2-10H2,1H3,(H,15,16). The molecule has 0 radical (unpaired) electrons. The van der Waals surface area contributed by atoms with Gasteiger partial charge in [0.1, 0.15) is 0 Å². The number of rotatable bonds is 9. The lowest BCUT2D eigenvalue weighted by Gasteiger charge is -2.09. The fraction of sp³-hybridized carbons (Fsp3) is 0.923. The van der Waals surface area contributed by atoms with Crippen molar-refractivity contribution in [1.82, 2.24) is 5.32 Å². The zero-order chi connectivity index (χ0) is 11.8. The Hall–Kier alpha value is -0.0500. The van der Waals surface area contributed by atoms with E-state index in [9.17, 15) is 4.79 Å². The molecule has 1 atom stereocenters. The normalized spacial score (nSPS) is 17.1. The quantitative estimate of drug-likeness (QED) is 0.510. The Morgan fingerprint density at radius 1 is 1.31 bits per heavy atom. The summed E-state index contributed by atoms with van der Waals surface area (Å²) in [5, 5.41) is 3.01. The average Bonchev–Trinajstić information content (AvgIpc) is 3.09. The molecule has 3 heteroatoms. The van der Waals surface area contributed by atoms with Crippen LogP contribution in [0.3, 0.4) is 0 Å². The third-order valence-electron chi connectivity index (χ3n) is 3.14. The number of amides is 1. The van der Waals surface area contributed by atoms with Crippen molar-refractivity contribution >= 4 is 21.8 Å². The molecule has 0 aromatic heterocycles. The molecule has 1 amide bonds. The average molecular weight is 290 g/mol. The maximum atomic E-state index is 11.5. The summed E-state index contributed by atoms with van der Waals surface area (Å²) in [6, 6.07) is 0. The number of halogens is 1. The Bertz CT molecular complexity index is 204. The van der Waals surface area contributed by atoms with Gasteiger partial charge in [0.25, 0.3) is 0 Å². The zero-order valence-corrected chi connectivity index (χ0v) is 11.9. The van der Waals surface area contributed by atoms with E-state index < -0.39 is 0 Å². The smallest absolute Gasteiger partial charge is 0.220 e. The van der Waals surface area contributed by atoms with Crippen LogP contribution in [0.5, 0.6) is 0 Å². The van der Waals surface area contributed by atoms with E-state index in [2.05, 4.69) is 28.2 Å². The van der Waals surface area contributed by atoms with Crippen LogP contribution in [-0.2, 0) is 4.79 Å². The van der Waals surface area contributed by atoms with Crippen LogP contribution >= 0.6 is 15.9 Å². The van der Waals surface area contributed by atoms with Gasteiger partial charge >= 0.3 is 0 Å². The first-order chi connectivity index (χ1) is 7.74. The first-order valence-corrected chi connectivity index (χ1v) is 7.56. The summed E-state index contributed by atoms with van der Waals surface area (Å²) < 4.78 is 0. The maximum absolute atomic E-state index is 11.5. The minimum atomic E-state index is 0.224. The number of alkyl halides is 1. The largest absolute Gasteiger partial charge is 0.355 e. The third-order valence-corrected chi connectivity index (χ3v) is 4.21. The molecule has 1 saturated carbocycles. The van der Waals surface area contributed by atoms with E-state index in [1.165, 1.54) is 38.5 Å². The number of hydrogen-bond acceptors (Lipinski definition) is 1. The van der Waals surface area contributed by atoms with E-state index in [0.717, 1.165) is 18.9 Å². The third kappa shape index (κ3) is 6.51. The molecule has 16 heavy (non-hydrogen) atoms. The van der Waals surface area contributed by atoms with E-state index in [1.54, 1.807) is 0 Å². The number of carbonyl (C=O) groups is 1. The van der Waals surface area contributed by atoms with Crippen LogP contribution < -0.4 is 5.32 Å². The molecule has 0 aliphatic heterocycles. The van der Waals surface area contributed by atoms with Crippen molar-refractivity contribution in [2.45, 2.75) is 63.1 Å². The minimum absolute atomic E-state index is 0.224. The lowest BCUT2D eigenvalue weighted by atomic mass is 10.1. The van der Waals surface area contributed by atoms with Gasteiger partial charge in [-0.1, -0.05) is 48.5 Å². The number of nitrogens with one attached hydrogen (secondary N) is 1. The molecule has 0 spiro atoms. The van der Waals surface area contributed by atoms with E-state index in [0.29, 0.717) is 11.2 Å². The molecular formula is C13H24BrNO. The molecule has 2 nitrogen and oxygen atoms in total. The van der Waals surface area contributed by atoms with Crippen molar-refractivity contribution in [3.05, 3.63) is 0 Å². The molecule has 1 unspecified atom stereocenters. The predicted octanol–water partition coefficient (Wildman–Crippen LogP) is 3.64. The Kier molecular flexibility index (Phi) is 7.10. The maximum Gasteiger partial charge on any atom is 0.220 e. The molecule has 0 saturated heterocycles. The molecule has 94 valence electrons. The van der Waals surface area contributed by atoms with Gasteiger partial charge in [0.05, 0.1) is 0 Å². The first-order valence-electron chi connectivity index (χ1n) is 6.64. The van der Waals surface area contributed by atoms with Crippen LogP contribution in [-0.4, -0.2) is 17.3 Å². The SMILES string of the molecule is CCCCCCCC(=O)NCC(Br)C1CC1. The van der Waals surface area contributed by atoms with E-state index >= 15 is 0 Å². The molecular weight excluding hydrogens is 266 g/mol. The summed E-state index contributed by atoms with van der Waals surface area (Å²) in [7, 11) is 0. The zero-order valence-electron chi connectivity index (χ0n) is 10.3. The molecule has 1 fully saturated rings. The highest BCUT2D eigenvalue weighted by atomic mass is 79.9. The highest BCUT2D eigenvalue weighted by Crippen LogP contribution is 2.36. The van der Waals surface area contributed by atoms with Gasteiger partial charge in [-0.2, -0.15) is 0 Å². The summed E-state index contributed by atoms with van der Waals surface area (Å²) in [5.74, 6) is 1.03. The Labute approximate surface area is 108 Å². The molecule has 0 aromatic carbocycles. The predicted molar refractivity (Wildman–Crippen MR) is 71.8 cm³/mol. The van der Waals surface area contributed by atoms with Crippen molar-refractivity contribution in [3.8, 4) is 0 Å². The Balaban J connectivity index is 1.89. The second-order valence-electron chi connectivity index (χ2n) is 4.82. The van der Waals surface area contributed by atoms with Crippen LogP contribution in [0, 0.1) is 5.92 Å². The van der Waals surface area contributed by atoms with Gasteiger partial charge in [0, 0.05) is 17.8 Å². The van der Waals surface area contributed by atoms with Crippen LogP contribution in [0.4, 0.5) is 0 Å². The summed E-state index contributed by atoms with van der Waals surface area (Å²) in [6.07, 6.45) is 9.42. The van der Waals surface area contributed by atoms with Gasteiger partial charge in [-0.25, -0.2) is 0 Å². The molecule has 1 aliphatic carbocycles. The lowest BCUT2D eigenvalue weighted by molar-refractivity contribution is -0.121. The summed E-state index contributed by atoms with van der Waals surface area (Å²) >= 11 is 3.62. The summed E-state index contributed by atoms with van der Waals surface area (Å²) in [6.45, 7) is 3.01.